The van der Waals surface area contributed by atoms with Crippen LogP contribution in [0.1, 0.15) is 54.4 Å². The molecule has 0 radical (unpaired) electrons. The summed E-state index contributed by atoms with van der Waals surface area (Å²) in [5, 5.41) is 0. The van der Waals surface area contributed by atoms with Gasteiger partial charge in [0, 0.05) is 0 Å². The molecule has 1 heterocycles. The van der Waals surface area contributed by atoms with E-state index >= 15 is 0 Å². The summed E-state index contributed by atoms with van der Waals surface area (Å²) in [5.41, 5.74) is 7.00. The van der Waals surface area contributed by atoms with Gasteiger partial charge in [-0.05, 0) is 0 Å². The maximum atomic E-state index is 2.55. The van der Waals surface area contributed by atoms with E-state index in [0.29, 0.717) is 11.8 Å². The van der Waals surface area contributed by atoms with Crippen LogP contribution in [0, 0.1) is 17.3 Å². The van der Waals surface area contributed by atoms with Gasteiger partial charge in [0.25, 0.3) is 0 Å². The molecule has 0 aromatic heterocycles. The Bertz CT molecular complexity index is 541. The molecule has 1 aliphatic heterocycles. The third-order valence-corrected chi connectivity index (χ3v) is 8.32. The summed E-state index contributed by atoms with van der Waals surface area (Å²) in [6.45, 7) is 14.4. The molecule has 0 aromatic carbocycles. The molecular weight excluding hydrogens is 347 g/mol. The van der Waals surface area contributed by atoms with Crippen molar-refractivity contribution in [2.45, 2.75) is 54.4 Å². The first kappa shape index (κ1) is 20.3. The second-order valence-corrected chi connectivity index (χ2v) is 9.07. The monoisotopic (exact) mass is 372 g/mol. The van der Waals surface area contributed by atoms with Crippen LogP contribution < -0.4 is 24.8 Å². The van der Waals surface area contributed by atoms with E-state index < -0.39 is 0 Å². The number of rotatable bonds is 2. The van der Waals surface area contributed by atoms with Crippen molar-refractivity contribution in [3.63, 3.8) is 0 Å². The summed E-state index contributed by atoms with van der Waals surface area (Å²) >= 11 is -0.0801. The topological polar surface area (TPSA) is 0 Å². The van der Waals surface area contributed by atoms with Gasteiger partial charge >= 0.3 is 133 Å². The number of hydrogen-bond acceptors (Lipinski definition) is 0. The van der Waals surface area contributed by atoms with Crippen molar-refractivity contribution in [1.82, 2.24) is 0 Å². The molecule has 0 saturated heterocycles. The standard InChI is InChI=1S/C19H26.2ClH.Ti/c1-7-15-9-13(3)11-17(15)19(5,6)18-12-14(4)10-16(18)8-2;;;/h9-10,13-14H,7-8H2,1-6H3;2*1H;/q;;;+2/p-2. The average molecular weight is 373 g/mol. The molecule has 0 N–H and O–H groups in total. The fourth-order valence-corrected chi connectivity index (χ4v) is 7.72. The first-order valence-corrected chi connectivity index (χ1v) is 9.66. The summed E-state index contributed by atoms with van der Waals surface area (Å²) < 4.78 is 3.67. The molecule has 3 aliphatic rings. The van der Waals surface area contributed by atoms with Crippen LogP contribution in [-0.2, 0) is 19.2 Å². The fraction of sp³-hybridized carbons (Fsp3) is 0.579. The van der Waals surface area contributed by atoms with Gasteiger partial charge in [0.1, 0.15) is 0 Å². The van der Waals surface area contributed by atoms with Gasteiger partial charge in [0.2, 0.25) is 0 Å². The fourth-order valence-electron chi connectivity index (χ4n) is 4.43. The third-order valence-electron chi connectivity index (χ3n) is 5.28. The SMILES string of the molecule is CCC1=CC(C)[C]2=C1C(C)(C)C1=[C]([Ti+2]2)C(C)C=C1CC.[Cl-].[Cl-]. The van der Waals surface area contributed by atoms with Crippen LogP contribution in [0.2, 0.25) is 0 Å². The summed E-state index contributed by atoms with van der Waals surface area (Å²) in [6.07, 6.45) is 7.50. The van der Waals surface area contributed by atoms with Gasteiger partial charge in [-0.1, -0.05) is 0 Å². The molecule has 0 spiro atoms. The zero-order chi connectivity index (χ0) is 14.7. The van der Waals surface area contributed by atoms with Gasteiger partial charge in [-0.2, -0.15) is 0 Å². The van der Waals surface area contributed by atoms with Crippen molar-refractivity contribution < 1.29 is 44.0 Å². The van der Waals surface area contributed by atoms with Crippen LogP contribution in [0.25, 0.3) is 0 Å². The van der Waals surface area contributed by atoms with E-state index in [1.54, 1.807) is 22.3 Å². The van der Waals surface area contributed by atoms with Crippen molar-refractivity contribution in [2.75, 3.05) is 0 Å². The minimum atomic E-state index is -0.0801. The predicted molar refractivity (Wildman–Crippen MR) is 82.9 cm³/mol. The molecule has 0 amide bonds. The van der Waals surface area contributed by atoms with Gasteiger partial charge < -0.3 is 24.8 Å². The van der Waals surface area contributed by atoms with Crippen molar-refractivity contribution >= 4 is 0 Å². The van der Waals surface area contributed by atoms with Crippen LogP contribution in [-0.4, -0.2) is 0 Å². The molecule has 22 heavy (non-hydrogen) atoms. The van der Waals surface area contributed by atoms with Crippen molar-refractivity contribution in [3.05, 3.63) is 42.2 Å². The van der Waals surface area contributed by atoms with Gasteiger partial charge in [-0.15, -0.1) is 0 Å². The zero-order valence-electron chi connectivity index (χ0n) is 14.5. The Hall–Kier alpha value is 0.254. The molecule has 120 valence electrons. The van der Waals surface area contributed by atoms with Crippen LogP contribution in [0.5, 0.6) is 0 Å². The van der Waals surface area contributed by atoms with Crippen LogP contribution in [0.4, 0.5) is 0 Å². The molecule has 0 aromatic rings. The third kappa shape index (κ3) is 2.75. The minimum absolute atomic E-state index is 0. The van der Waals surface area contributed by atoms with E-state index in [1.165, 1.54) is 12.8 Å². The Morgan fingerprint density at radius 3 is 1.55 bits per heavy atom. The Morgan fingerprint density at radius 2 is 1.23 bits per heavy atom. The molecular formula is C19H26Cl2Ti. The Labute approximate surface area is 157 Å². The molecule has 0 bridgehead atoms. The van der Waals surface area contributed by atoms with Crippen LogP contribution >= 0.6 is 0 Å². The maximum absolute atomic E-state index is 2.55. The first-order valence-electron chi connectivity index (χ1n) is 8.10. The Balaban J connectivity index is 0.00000121. The van der Waals surface area contributed by atoms with Gasteiger partial charge in [0.05, 0.1) is 0 Å². The normalized spacial score (nSPS) is 27.7. The first-order chi connectivity index (χ1) is 9.41. The molecule has 0 nitrogen and oxygen atoms in total. The molecule has 3 heteroatoms. The van der Waals surface area contributed by atoms with Crippen LogP contribution in [0.3, 0.4) is 0 Å². The largest absolute Gasteiger partial charge is 1.00 e. The van der Waals surface area contributed by atoms with E-state index in [4.69, 9.17) is 0 Å². The summed E-state index contributed by atoms with van der Waals surface area (Å²) in [6, 6.07) is 0. The Morgan fingerprint density at radius 1 is 0.864 bits per heavy atom. The smallest absolute Gasteiger partial charge is 1.00 e. The van der Waals surface area contributed by atoms with Gasteiger partial charge in [-0.3, -0.25) is 0 Å². The molecule has 0 fully saturated rings. The molecule has 2 aliphatic carbocycles. The zero-order valence-corrected chi connectivity index (χ0v) is 17.6. The number of hydrogen-bond donors (Lipinski definition) is 0. The molecule has 2 unspecified atom stereocenters. The van der Waals surface area contributed by atoms with Crippen molar-refractivity contribution in [2.24, 2.45) is 17.3 Å². The van der Waals surface area contributed by atoms with Crippen molar-refractivity contribution in [3.8, 4) is 0 Å². The average Bonchev–Trinajstić information content (AvgIpc) is 2.90. The molecule has 3 rings (SSSR count). The second kappa shape index (κ2) is 7.02. The summed E-state index contributed by atoms with van der Waals surface area (Å²) in [7, 11) is 0. The second-order valence-electron chi connectivity index (χ2n) is 7.00. The van der Waals surface area contributed by atoms with E-state index in [2.05, 4.69) is 53.7 Å². The minimum Gasteiger partial charge on any atom is -1.00 e. The molecule has 2 atom stereocenters. The van der Waals surface area contributed by atoms with E-state index in [0.717, 1.165) is 0 Å². The van der Waals surface area contributed by atoms with E-state index in [1.807, 2.05) is 7.76 Å². The van der Waals surface area contributed by atoms with Gasteiger partial charge in [0.15, 0.2) is 0 Å². The number of allylic oxidation sites excluding steroid dienone is 8. The molecule has 0 saturated carbocycles. The Kier molecular flexibility index (Phi) is 6.47. The summed E-state index contributed by atoms with van der Waals surface area (Å²) in [5.74, 6) is 1.40. The van der Waals surface area contributed by atoms with Crippen LogP contribution in [0.15, 0.2) is 42.2 Å². The predicted octanol–water partition coefficient (Wildman–Crippen LogP) is -0.403. The maximum Gasteiger partial charge on any atom is -1.00 e. The quantitative estimate of drug-likeness (QED) is 0.578. The number of halogens is 2. The van der Waals surface area contributed by atoms with Gasteiger partial charge in [-0.25, -0.2) is 0 Å². The van der Waals surface area contributed by atoms with E-state index in [-0.39, 0.29) is 49.4 Å². The summed E-state index contributed by atoms with van der Waals surface area (Å²) in [4.78, 5) is 0. The van der Waals surface area contributed by atoms with E-state index in [9.17, 15) is 0 Å². The van der Waals surface area contributed by atoms with Crippen molar-refractivity contribution in [1.29, 1.82) is 0 Å².